The topological polar surface area (TPSA) is 84.9 Å². The molecule has 2 aliphatic heterocycles. The molecular weight excluding hydrogens is 420 g/mol. The zero-order valence-corrected chi connectivity index (χ0v) is 18.3. The maximum atomic E-state index is 12.7. The maximum absolute atomic E-state index is 12.7. The van der Waals surface area contributed by atoms with Crippen molar-refractivity contribution in [2.24, 2.45) is 0 Å². The molecule has 0 spiro atoms. The predicted octanol–water partition coefficient (Wildman–Crippen LogP) is 4.22. The van der Waals surface area contributed by atoms with Gasteiger partial charge in [-0.15, -0.1) is 0 Å². The Morgan fingerprint density at radius 2 is 1.70 bits per heavy atom. The first-order chi connectivity index (χ1) is 15.8. The molecule has 0 atom stereocenters. The summed E-state index contributed by atoms with van der Waals surface area (Å²) in [6.45, 7) is 3.80. The van der Waals surface area contributed by atoms with E-state index in [0.717, 1.165) is 16.9 Å². The molecule has 0 saturated carbocycles. The minimum absolute atomic E-state index is 0.211. The number of rotatable bonds is 5. The van der Waals surface area contributed by atoms with E-state index < -0.39 is 0 Å². The Balaban J connectivity index is 1.27. The van der Waals surface area contributed by atoms with Crippen LogP contribution in [0.1, 0.15) is 40.1 Å². The lowest BCUT2D eigenvalue weighted by atomic mass is 10.0. The average Bonchev–Trinajstić information content (AvgIpc) is 3.24. The molecule has 0 unspecified atom stereocenters. The third kappa shape index (κ3) is 3.82. The van der Waals surface area contributed by atoms with Gasteiger partial charge in [0.2, 0.25) is 0 Å². The molecule has 0 radical (unpaired) electrons. The summed E-state index contributed by atoms with van der Waals surface area (Å²) < 4.78 is 11.7. The van der Waals surface area contributed by atoms with Gasteiger partial charge in [0, 0.05) is 17.7 Å². The maximum Gasteiger partial charge on any atom is 0.266 e. The van der Waals surface area contributed by atoms with Crippen LogP contribution in [0.3, 0.4) is 0 Å². The number of amides is 3. The van der Waals surface area contributed by atoms with Gasteiger partial charge in [0.1, 0.15) is 5.60 Å². The first-order valence-corrected chi connectivity index (χ1v) is 10.6. The van der Waals surface area contributed by atoms with Crippen molar-refractivity contribution in [3.63, 3.8) is 0 Å². The van der Waals surface area contributed by atoms with Crippen molar-refractivity contribution in [2.45, 2.75) is 25.9 Å². The van der Waals surface area contributed by atoms with Gasteiger partial charge in [-0.1, -0.05) is 30.3 Å². The molecule has 2 heterocycles. The van der Waals surface area contributed by atoms with Crippen molar-refractivity contribution in [3.05, 3.63) is 83.4 Å². The van der Waals surface area contributed by atoms with E-state index in [-0.39, 0.29) is 29.9 Å². The molecule has 7 nitrogen and oxygen atoms in total. The molecular formula is C26H22N2O5. The number of hydrogen-bond acceptors (Lipinski definition) is 5. The van der Waals surface area contributed by atoms with Gasteiger partial charge in [0.25, 0.3) is 17.7 Å². The van der Waals surface area contributed by atoms with Gasteiger partial charge in [0.15, 0.2) is 18.1 Å². The first kappa shape index (κ1) is 20.8. The van der Waals surface area contributed by atoms with Gasteiger partial charge in [-0.25, -0.2) is 4.90 Å². The lowest BCUT2D eigenvalue weighted by Crippen LogP contribution is -2.29. The van der Waals surface area contributed by atoms with Crippen LogP contribution in [-0.2, 0) is 11.2 Å². The number of hydrogen-bond donors (Lipinski definition) is 1. The first-order valence-electron chi connectivity index (χ1n) is 10.6. The normalized spacial score (nSPS) is 15.6. The molecule has 0 aromatic heterocycles. The van der Waals surface area contributed by atoms with Crippen LogP contribution in [0.5, 0.6) is 11.5 Å². The summed E-state index contributed by atoms with van der Waals surface area (Å²) in [5.74, 6) is 0.0480. The fourth-order valence-corrected chi connectivity index (χ4v) is 4.19. The second kappa shape index (κ2) is 7.78. The van der Waals surface area contributed by atoms with Gasteiger partial charge >= 0.3 is 0 Å². The van der Waals surface area contributed by atoms with E-state index in [1.807, 2.05) is 26.0 Å². The number of nitrogens with zero attached hydrogens (tertiary/aromatic N) is 1. The van der Waals surface area contributed by atoms with E-state index in [2.05, 4.69) is 5.32 Å². The standard InChI is InChI=1S/C26H22N2O5/c1-26(2)14-16-7-5-12-21(23(16)33-26)32-15-22(29)27-17-8-6-9-18(13-17)28-24(30)19-10-3-4-11-20(19)25(28)31/h3-13H,14-15H2,1-2H3,(H,27,29). The van der Waals surface area contributed by atoms with Crippen molar-refractivity contribution in [2.75, 3.05) is 16.8 Å². The number of fused-ring (bicyclic) bond motifs is 2. The molecule has 0 aliphatic carbocycles. The molecule has 2 aliphatic rings. The summed E-state index contributed by atoms with van der Waals surface area (Å²) in [6, 6.07) is 18.9. The highest BCUT2D eigenvalue weighted by molar-refractivity contribution is 6.34. The third-order valence-corrected chi connectivity index (χ3v) is 5.60. The molecule has 5 rings (SSSR count). The van der Waals surface area contributed by atoms with Crippen LogP contribution in [0.4, 0.5) is 11.4 Å². The van der Waals surface area contributed by atoms with Crippen molar-refractivity contribution in [1.82, 2.24) is 0 Å². The molecule has 166 valence electrons. The van der Waals surface area contributed by atoms with Crippen LogP contribution in [0.15, 0.2) is 66.7 Å². The number of carbonyl (C=O) groups is 3. The van der Waals surface area contributed by atoms with Crippen molar-refractivity contribution < 1.29 is 23.9 Å². The average molecular weight is 442 g/mol. The minimum Gasteiger partial charge on any atom is -0.483 e. The molecule has 3 aromatic carbocycles. The molecule has 0 saturated heterocycles. The summed E-state index contributed by atoms with van der Waals surface area (Å²) in [4.78, 5) is 39.1. The van der Waals surface area contributed by atoms with Crippen LogP contribution < -0.4 is 19.7 Å². The number of para-hydroxylation sites is 1. The molecule has 0 fully saturated rings. The van der Waals surface area contributed by atoms with E-state index >= 15 is 0 Å². The molecule has 3 amide bonds. The van der Waals surface area contributed by atoms with E-state index in [0.29, 0.717) is 34.0 Å². The zero-order chi connectivity index (χ0) is 23.2. The molecule has 33 heavy (non-hydrogen) atoms. The Labute approximate surface area is 190 Å². The highest BCUT2D eigenvalue weighted by atomic mass is 16.5. The second-order valence-corrected chi connectivity index (χ2v) is 8.66. The summed E-state index contributed by atoms with van der Waals surface area (Å²) in [5.41, 5.74) is 2.31. The molecule has 0 bridgehead atoms. The summed E-state index contributed by atoms with van der Waals surface area (Å²) in [5, 5.41) is 2.76. The van der Waals surface area contributed by atoms with Gasteiger partial charge in [-0.3, -0.25) is 14.4 Å². The van der Waals surface area contributed by atoms with Crippen LogP contribution >= 0.6 is 0 Å². The predicted molar refractivity (Wildman–Crippen MR) is 123 cm³/mol. The van der Waals surface area contributed by atoms with Crippen LogP contribution in [0.25, 0.3) is 0 Å². The quantitative estimate of drug-likeness (QED) is 0.598. The van der Waals surface area contributed by atoms with Crippen molar-refractivity contribution in [1.29, 1.82) is 0 Å². The number of nitrogens with one attached hydrogen (secondary N) is 1. The number of imide groups is 1. The Kier molecular flexibility index (Phi) is 4.89. The summed E-state index contributed by atoms with van der Waals surface area (Å²) in [6.07, 6.45) is 0.774. The van der Waals surface area contributed by atoms with E-state index in [1.165, 1.54) is 0 Å². The van der Waals surface area contributed by atoms with E-state index in [9.17, 15) is 14.4 Å². The highest BCUT2D eigenvalue weighted by Crippen LogP contribution is 2.41. The third-order valence-electron chi connectivity index (χ3n) is 5.60. The fourth-order valence-electron chi connectivity index (χ4n) is 4.19. The van der Waals surface area contributed by atoms with Gasteiger partial charge < -0.3 is 14.8 Å². The fraction of sp³-hybridized carbons (Fsp3) is 0.192. The smallest absolute Gasteiger partial charge is 0.266 e. The van der Waals surface area contributed by atoms with Crippen molar-refractivity contribution >= 4 is 29.1 Å². The van der Waals surface area contributed by atoms with Gasteiger partial charge in [-0.05, 0) is 50.2 Å². The van der Waals surface area contributed by atoms with Crippen LogP contribution in [0, 0.1) is 0 Å². The minimum atomic E-state index is -0.386. The van der Waals surface area contributed by atoms with E-state index in [4.69, 9.17) is 9.47 Å². The monoisotopic (exact) mass is 442 g/mol. The van der Waals surface area contributed by atoms with Crippen LogP contribution in [0.2, 0.25) is 0 Å². The number of benzene rings is 3. The van der Waals surface area contributed by atoms with Gasteiger partial charge in [-0.2, -0.15) is 0 Å². The van der Waals surface area contributed by atoms with Crippen LogP contribution in [-0.4, -0.2) is 29.9 Å². The molecule has 1 N–H and O–H groups in total. The Bertz CT molecular complexity index is 1260. The highest BCUT2D eigenvalue weighted by Gasteiger charge is 2.36. The SMILES string of the molecule is CC1(C)Cc2cccc(OCC(=O)Nc3cccc(N4C(=O)c5ccccc5C4=O)c3)c2O1. The second-order valence-electron chi connectivity index (χ2n) is 8.66. The zero-order valence-electron chi connectivity index (χ0n) is 18.3. The summed E-state index contributed by atoms with van der Waals surface area (Å²) >= 11 is 0. The number of anilines is 2. The van der Waals surface area contributed by atoms with Crippen molar-refractivity contribution in [3.8, 4) is 11.5 Å². The largest absolute Gasteiger partial charge is 0.483 e. The van der Waals surface area contributed by atoms with Gasteiger partial charge in [0.05, 0.1) is 16.8 Å². The molecule has 7 heteroatoms. The number of carbonyl (C=O) groups excluding carboxylic acids is 3. The lowest BCUT2D eigenvalue weighted by molar-refractivity contribution is -0.118. The Hall–Kier alpha value is -4.13. The Morgan fingerprint density at radius 3 is 2.42 bits per heavy atom. The lowest BCUT2D eigenvalue weighted by Gasteiger charge is -2.18. The van der Waals surface area contributed by atoms with E-state index in [1.54, 1.807) is 54.6 Å². The molecule has 3 aromatic rings. The summed E-state index contributed by atoms with van der Waals surface area (Å²) in [7, 11) is 0. The Morgan fingerprint density at radius 1 is 1.00 bits per heavy atom. The number of ether oxygens (including phenoxy) is 2.